The third-order valence-electron chi connectivity index (χ3n) is 2.46. The molecule has 0 bridgehead atoms. The predicted molar refractivity (Wildman–Crippen MR) is 71.6 cm³/mol. The Balaban J connectivity index is 2.60. The van der Waals surface area contributed by atoms with Crippen LogP contribution in [0.2, 0.25) is 0 Å². The molecular formula is C12H13BrN4. The van der Waals surface area contributed by atoms with Crippen LogP contribution >= 0.6 is 15.9 Å². The van der Waals surface area contributed by atoms with Crippen molar-refractivity contribution in [1.29, 1.82) is 0 Å². The lowest BCUT2D eigenvalue weighted by Crippen LogP contribution is -2.02. The van der Waals surface area contributed by atoms with E-state index in [1.165, 1.54) is 0 Å². The lowest BCUT2D eigenvalue weighted by atomic mass is 10.1. The molecule has 0 amide bonds. The standard InChI is InChI=1S/C12H13BrN4/c1-6-4-9(5-7(2)10(6)13)11-15-8(3)16-12(14)17-11/h4-5H,1-3H3,(H2,14,15,16,17). The van der Waals surface area contributed by atoms with Crippen LogP contribution in [-0.4, -0.2) is 15.0 Å². The van der Waals surface area contributed by atoms with Crippen LogP contribution in [0.1, 0.15) is 17.0 Å². The van der Waals surface area contributed by atoms with Crippen LogP contribution in [0.3, 0.4) is 0 Å². The number of hydrogen-bond donors (Lipinski definition) is 1. The fourth-order valence-electron chi connectivity index (χ4n) is 1.71. The zero-order chi connectivity index (χ0) is 12.6. The summed E-state index contributed by atoms with van der Waals surface area (Å²) < 4.78 is 1.11. The minimum absolute atomic E-state index is 0.255. The maximum Gasteiger partial charge on any atom is 0.223 e. The molecule has 0 unspecified atom stereocenters. The highest BCUT2D eigenvalue weighted by atomic mass is 79.9. The fourth-order valence-corrected chi connectivity index (χ4v) is 1.94. The Morgan fingerprint density at radius 3 is 2.12 bits per heavy atom. The lowest BCUT2D eigenvalue weighted by molar-refractivity contribution is 0.995. The minimum atomic E-state index is 0.255. The summed E-state index contributed by atoms with van der Waals surface area (Å²) in [4.78, 5) is 12.4. The first-order chi connectivity index (χ1) is 7.97. The Labute approximate surface area is 108 Å². The SMILES string of the molecule is Cc1nc(N)nc(-c2cc(C)c(Br)c(C)c2)n1. The van der Waals surface area contributed by atoms with E-state index in [1.54, 1.807) is 6.92 Å². The molecule has 1 aromatic heterocycles. The molecule has 4 nitrogen and oxygen atoms in total. The highest BCUT2D eigenvalue weighted by Gasteiger charge is 2.08. The number of nitrogens with two attached hydrogens (primary N) is 1. The summed E-state index contributed by atoms with van der Waals surface area (Å²) in [5, 5.41) is 0. The van der Waals surface area contributed by atoms with Gasteiger partial charge in [-0.3, -0.25) is 0 Å². The third kappa shape index (κ3) is 2.44. The predicted octanol–water partition coefficient (Wildman–Crippen LogP) is 2.81. The fraction of sp³-hybridized carbons (Fsp3) is 0.250. The first-order valence-corrected chi connectivity index (χ1v) is 6.02. The topological polar surface area (TPSA) is 64.7 Å². The molecule has 5 heteroatoms. The average Bonchev–Trinajstić information content (AvgIpc) is 2.23. The molecule has 0 spiro atoms. The molecule has 2 N–H and O–H groups in total. The minimum Gasteiger partial charge on any atom is -0.368 e. The number of nitrogens with zero attached hydrogens (tertiary/aromatic N) is 3. The Bertz CT molecular complexity index is 537. The molecular weight excluding hydrogens is 280 g/mol. The van der Waals surface area contributed by atoms with Gasteiger partial charge in [0.05, 0.1) is 0 Å². The Morgan fingerprint density at radius 2 is 1.59 bits per heavy atom. The average molecular weight is 293 g/mol. The second kappa shape index (κ2) is 4.41. The van der Waals surface area contributed by atoms with E-state index in [0.29, 0.717) is 11.6 Å². The third-order valence-corrected chi connectivity index (χ3v) is 3.71. The number of hydrogen-bond acceptors (Lipinski definition) is 4. The molecule has 0 fully saturated rings. The first kappa shape index (κ1) is 12.0. The molecule has 0 aliphatic rings. The van der Waals surface area contributed by atoms with Crippen molar-refractivity contribution < 1.29 is 0 Å². The lowest BCUT2D eigenvalue weighted by Gasteiger charge is -2.07. The molecule has 17 heavy (non-hydrogen) atoms. The van der Waals surface area contributed by atoms with Crippen molar-refractivity contribution in [2.45, 2.75) is 20.8 Å². The van der Waals surface area contributed by atoms with Gasteiger partial charge >= 0.3 is 0 Å². The van der Waals surface area contributed by atoms with Crippen LogP contribution in [0.25, 0.3) is 11.4 Å². The molecule has 0 aliphatic carbocycles. The number of benzene rings is 1. The highest BCUT2D eigenvalue weighted by molar-refractivity contribution is 9.10. The number of halogens is 1. The Hall–Kier alpha value is -1.49. The van der Waals surface area contributed by atoms with Crippen molar-refractivity contribution in [1.82, 2.24) is 15.0 Å². The maximum atomic E-state index is 5.63. The van der Waals surface area contributed by atoms with Crippen LogP contribution < -0.4 is 5.73 Å². The smallest absolute Gasteiger partial charge is 0.223 e. The Morgan fingerprint density at radius 1 is 1.00 bits per heavy atom. The van der Waals surface area contributed by atoms with Crippen molar-refractivity contribution in [3.05, 3.63) is 33.6 Å². The number of aromatic nitrogens is 3. The van der Waals surface area contributed by atoms with Gasteiger partial charge in [-0.15, -0.1) is 0 Å². The van der Waals surface area contributed by atoms with Gasteiger partial charge in [0.15, 0.2) is 5.82 Å². The zero-order valence-corrected chi connectivity index (χ0v) is 11.5. The van der Waals surface area contributed by atoms with E-state index in [9.17, 15) is 0 Å². The summed E-state index contributed by atoms with van der Waals surface area (Å²) in [6.45, 7) is 5.89. The van der Waals surface area contributed by atoms with E-state index in [-0.39, 0.29) is 5.95 Å². The second-order valence-electron chi connectivity index (χ2n) is 3.99. The normalized spacial score (nSPS) is 10.6. The van der Waals surface area contributed by atoms with Gasteiger partial charge in [0.2, 0.25) is 5.95 Å². The van der Waals surface area contributed by atoms with Crippen molar-refractivity contribution in [2.24, 2.45) is 0 Å². The van der Waals surface area contributed by atoms with E-state index >= 15 is 0 Å². The van der Waals surface area contributed by atoms with E-state index in [0.717, 1.165) is 21.2 Å². The molecule has 0 saturated heterocycles. The summed E-state index contributed by atoms with van der Waals surface area (Å²) in [6.07, 6.45) is 0. The maximum absolute atomic E-state index is 5.63. The summed E-state index contributed by atoms with van der Waals surface area (Å²) >= 11 is 3.54. The first-order valence-electron chi connectivity index (χ1n) is 5.22. The quantitative estimate of drug-likeness (QED) is 0.878. The molecule has 1 aromatic carbocycles. The second-order valence-corrected chi connectivity index (χ2v) is 4.78. The molecule has 2 aromatic rings. The molecule has 0 saturated carbocycles. The summed E-state index contributed by atoms with van der Waals surface area (Å²) in [5.41, 5.74) is 8.89. The van der Waals surface area contributed by atoms with Crippen molar-refractivity contribution in [2.75, 3.05) is 5.73 Å². The van der Waals surface area contributed by atoms with Crippen LogP contribution in [0, 0.1) is 20.8 Å². The molecule has 0 atom stereocenters. The van der Waals surface area contributed by atoms with Gasteiger partial charge in [-0.1, -0.05) is 15.9 Å². The van der Waals surface area contributed by atoms with E-state index < -0.39 is 0 Å². The molecule has 88 valence electrons. The van der Waals surface area contributed by atoms with Crippen LogP contribution in [0.15, 0.2) is 16.6 Å². The van der Waals surface area contributed by atoms with Gasteiger partial charge in [-0.25, -0.2) is 4.98 Å². The summed E-state index contributed by atoms with van der Waals surface area (Å²) in [5.74, 6) is 1.50. The van der Waals surface area contributed by atoms with Crippen LogP contribution in [0.5, 0.6) is 0 Å². The monoisotopic (exact) mass is 292 g/mol. The van der Waals surface area contributed by atoms with Gasteiger partial charge in [-0.05, 0) is 44.0 Å². The molecule has 1 heterocycles. The summed E-state index contributed by atoms with van der Waals surface area (Å²) in [7, 11) is 0. The number of aryl methyl sites for hydroxylation is 3. The number of anilines is 1. The van der Waals surface area contributed by atoms with Crippen LogP contribution in [0.4, 0.5) is 5.95 Å². The molecule has 0 radical (unpaired) electrons. The number of rotatable bonds is 1. The largest absolute Gasteiger partial charge is 0.368 e. The van der Waals surface area contributed by atoms with Crippen molar-refractivity contribution in [3.8, 4) is 11.4 Å². The highest BCUT2D eigenvalue weighted by Crippen LogP contribution is 2.26. The van der Waals surface area contributed by atoms with Gasteiger partial charge in [0.25, 0.3) is 0 Å². The summed E-state index contributed by atoms with van der Waals surface area (Å²) in [6, 6.07) is 4.07. The van der Waals surface area contributed by atoms with E-state index in [4.69, 9.17) is 5.73 Å². The van der Waals surface area contributed by atoms with Gasteiger partial charge < -0.3 is 5.73 Å². The Kier molecular flexibility index (Phi) is 3.11. The van der Waals surface area contributed by atoms with Crippen molar-refractivity contribution in [3.63, 3.8) is 0 Å². The van der Waals surface area contributed by atoms with Gasteiger partial charge in [0.1, 0.15) is 5.82 Å². The molecule has 2 rings (SSSR count). The van der Waals surface area contributed by atoms with Crippen molar-refractivity contribution >= 4 is 21.9 Å². The van der Waals surface area contributed by atoms with E-state index in [2.05, 4.69) is 30.9 Å². The molecule has 0 aliphatic heterocycles. The van der Waals surface area contributed by atoms with E-state index in [1.807, 2.05) is 26.0 Å². The zero-order valence-electron chi connectivity index (χ0n) is 9.95. The van der Waals surface area contributed by atoms with Gasteiger partial charge in [-0.2, -0.15) is 9.97 Å². The van der Waals surface area contributed by atoms with Crippen LogP contribution in [-0.2, 0) is 0 Å². The number of nitrogen functional groups attached to an aromatic ring is 1. The van der Waals surface area contributed by atoms with Gasteiger partial charge in [0, 0.05) is 10.0 Å².